The van der Waals surface area contributed by atoms with Crippen molar-refractivity contribution in [1.29, 1.82) is 0 Å². The van der Waals surface area contributed by atoms with Gasteiger partial charge >= 0.3 is 0 Å². The summed E-state index contributed by atoms with van der Waals surface area (Å²) in [5.74, 6) is -0.294. The van der Waals surface area contributed by atoms with E-state index in [1.807, 2.05) is 18.3 Å². The van der Waals surface area contributed by atoms with Crippen LogP contribution >= 0.6 is 0 Å². The smallest absolute Gasteiger partial charge is 0.267 e. The first-order valence-electron chi connectivity index (χ1n) is 12.5. The Morgan fingerprint density at radius 1 is 1.08 bits per heavy atom. The number of nitrogens with zero attached hydrogens (tertiary/aromatic N) is 4. The summed E-state index contributed by atoms with van der Waals surface area (Å²) in [6.45, 7) is 0.177. The molecule has 4 N–H and O–H groups in total. The number of pyridine rings is 1. The van der Waals surface area contributed by atoms with E-state index in [9.17, 15) is 19.1 Å². The number of aromatic nitrogens is 4. The molecule has 6 rings (SSSR count). The maximum Gasteiger partial charge on any atom is 0.267 e. The van der Waals surface area contributed by atoms with Crippen LogP contribution in [0.25, 0.3) is 27.8 Å². The van der Waals surface area contributed by atoms with E-state index < -0.39 is 17.3 Å². The first kappa shape index (κ1) is 24.5. The number of aliphatic hydroxyl groups excluding tert-OH is 1. The molecule has 0 atom stereocenters. The van der Waals surface area contributed by atoms with Crippen molar-refractivity contribution < 1.29 is 14.3 Å². The molecule has 1 aliphatic carbocycles. The van der Waals surface area contributed by atoms with Crippen molar-refractivity contribution in [3.8, 4) is 16.8 Å². The van der Waals surface area contributed by atoms with Crippen LogP contribution in [0.15, 0.2) is 84.2 Å². The van der Waals surface area contributed by atoms with Crippen molar-refractivity contribution >= 4 is 28.4 Å². The van der Waals surface area contributed by atoms with Gasteiger partial charge in [0.15, 0.2) is 0 Å². The van der Waals surface area contributed by atoms with Crippen molar-refractivity contribution in [2.24, 2.45) is 5.92 Å². The van der Waals surface area contributed by atoms with E-state index >= 15 is 0 Å². The van der Waals surface area contributed by atoms with E-state index in [1.54, 1.807) is 18.2 Å². The first-order chi connectivity index (χ1) is 18.9. The maximum absolute atomic E-state index is 13.3. The zero-order valence-corrected chi connectivity index (χ0v) is 20.8. The molecule has 0 unspecified atom stereocenters. The molecule has 5 aromatic rings. The topological polar surface area (TPSA) is 128 Å². The third kappa shape index (κ3) is 4.44. The largest absolute Gasteiger partial charge is 0.396 e. The van der Waals surface area contributed by atoms with Crippen LogP contribution in [0.3, 0.4) is 0 Å². The predicted octanol–water partition coefficient (Wildman–Crippen LogP) is 4.17. The number of rotatable bonds is 6. The highest BCUT2D eigenvalue weighted by Gasteiger charge is 2.32. The summed E-state index contributed by atoms with van der Waals surface area (Å²) in [5.41, 5.74) is 9.15. The van der Waals surface area contributed by atoms with Crippen molar-refractivity contribution in [2.75, 3.05) is 17.7 Å². The van der Waals surface area contributed by atoms with E-state index in [0.717, 1.165) is 35.0 Å². The number of amides is 1. The molecule has 3 heterocycles. The molecule has 1 amide bonds. The molecule has 0 spiro atoms. The van der Waals surface area contributed by atoms with Crippen molar-refractivity contribution in [3.05, 3.63) is 101 Å². The van der Waals surface area contributed by atoms with Gasteiger partial charge in [0.2, 0.25) is 0 Å². The molecular weight excluding hydrogens is 499 g/mol. The molecule has 9 nitrogen and oxygen atoms in total. The lowest BCUT2D eigenvalue weighted by molar-refractivity contribution is 0.102. The Hall–Kier alpha value is -4.83. The quantitative estimate of drug-likeness (QED) is 0.306. The van der Waals surface area contributed by atoms with Crippen LogP contribution in [-0.2, 0) is 0 Å². The lowest BCUT2D eigenvalue weighted by Gasteiger charge is -2.35. The van der Waals surface area contributed by atoms with Crippen LogP contribution in [0, 0.1) is 11.7 Å². The molecule has 1 aliphatic rings. The van der Waals surface area contributed by atoms with Crippen LogP contribution in [0.4, 0.5) is 15.9 Å². The van der Waals surface area contributed by atoms with E-state index in [2.05, 4.69) is 19.9 Å². The Morgan fingerprint density at radius 3 is 2.54 bits per heavy atom. The van der Waals surface area contributed by atoms with Gasteiger partial charge in [-0.05, 0) is 72.9 Å². The number of benzene rings is 2. The Morgan fingerprint density at radius 2 is 1.82 bits per heavy atom. The van der Waals surface area contributed by atoms with Gasteiger partial charge < -0.3 is 20.7 Å². The highest BCUT2D eigenvalue weighted by Crippen LogP contribution is 2.42. The number of nitrogen functional groups attached to an aromatic ring is 1. The second-order valence-electron chi connectivity index (χ2n) is 9.69. The number of anilines is 2. The van der Waals surface area contributed by atoms with Crippen LogP contribution in [0.2, 0.25) is 0 Å². The van der Waals surface area contributed by atoms with Crippen LogP contribution < -0.4 is 16.6 Å². The Balaban J connectivity index is 1.26. The highest BCUT2D eigenvalue weighted by atomic mass is 19.1. The number of halogens is 1. The molecule has 0 bridgehead atoms. The summed E-state index contributed by atoms with van der Waals surface area (Å²) in [6.07, 6.45) is 6.74. The third-order valence-corrected chi connectivity index (χ3v) is 7.25. The number of fused-ring (bicyclic) bond motifs is 1. The first-order valence-corrected chi connectivity index (χ1v) is 12.5. The van der Waals surface area contributed by atoms with E-state index in [1.165, 1.54) is 47.4 Å². The number of carbonyl (C=O) groups excluding carboxylic acids is 1. The maximum atomic E-state index is 13.3. The fourth-order valence-corrected chi connectivity index (χ4v) is 5.09. The van der Waals surface area contributed by atoms with Crippen molar-refractivity contribution in [1.82, 2.24) is 19.1 Å². The Kier molecular flexibility index (Phi) is 6.16. The molecule has 39 heavy (non-hydrogen) atoms. The average molecular weight is 525 g/mol. The predicted molar refractivity (Wildman–Crippen MR) is 146 cm³/mol. The summed E-state index contributed by atoms with van der Waals surface area (Å²) in [4.78, 5) is 34.6. The van der Waals surface area contributed by atoms with E-state index in [-0.39, 0.29) is 18.2 Å². The number of hydrogen-bond donors (Lipinski definition) is 3. The number of hydrogen-bond acceptors (Lipinski definition) is 6. The van der Waals surface area contributed by atoms with Gasteiger partial charge in [-0.15, -0.1) is 0 Å². The minimum Gasteiger partial charge on any atom is -0.396 e. The lowest BCUT2D eigenvalue weighted by atomic mass is 9.81. The van der Waals surface area contributed by atoms with Gasteiger partial charge in [0.05, 0.1) is 5.39 Å². The molecule has 1 saturated carbocycles. The minimum absolute atomic E-state index is 0.0411. The molecule has 10 heteroatoms. The third-order valence-electron chi connectivity index (χ3n) is 7.25. The lowest BCUT2D eigenvalue weighted by Crippen LogP contribution is -2.28. The fourth-order valence-electron chi connectivity index (χ4n) is 5.09. The number of aliphatic hydroxyl groups is 1. The van der Waals surface area contributed by atoms with Crippen molar-refractivity contribution in [3.63, 3.8) is 0 Å². The second-order valence-corrected chi connectivity index (χ2v) is 9.69. The van der Waals surface area contributed by atoms with Gasteiger partial charge in [-0.2, -0.15) is 0 Å². The number of nitrogens with one attached hydrogen (secondary N) is 1. The molecular formula is C29H25FN6O3. The van der Waals surface area contributed by atoms with Gasteiger partial charge in [-0.3, -0.25) is 14.2 Å². The summed E-state index contributed by atoms with van der Waals surface area (Å²) < 4.78 is 16.7. The van der Waals surface area contributed by atoms with Gasteiger partial charge in [0.1, 0.15) is 29.2 Å². The number of carbonyl (C=O) groups is 1. The van der Waals surface area contributed by atoms with Gasteiger partial charge in [-0.25, -0.2) is 14.4 Å². The Labute approximate surface area is 222 Å². The standard InChI is InChI=1S/C29H25FN6O3/c30-19-5-9-21(10-6-19)35-11-1-2-23(29(35)39)28(38)34-20-7-3-18(4-8-20)24-14-36(22-12-17(13-22)15-37)27-25(24)26(31)32-16-33-27/h1-11,14,16-17,22,37H,12-13,15H2,(H,34,38)(H2,31,32,33)/t17-,22+. The van der Waals surface area contributed by atoms with Crippen molar-refractivity contribution in [2.45, 2.75) is 18.9 Å². The molecule has 0 saturated heterocycles. The zero-order valence-electron chi connectivity index (χ0n) is 20.8. The van der Waals surface area contributed by atoms with Gasteiger partial charge in [0, 0.05) is 42.0 Å². The molecule has 0 aliphatic heterocycles. The molecule has 2 aromatic carbocycles. The molecule has 0 radical (unpaired) electrons. The van der Waals surface area contributed by atoms with Gasteiger partial charge in [0.25, 0.3) is 11.5 Å². The number of nitrogens with two attached hydrogens (primary N) is 1. The molecule has 196 valence electrons. The molecule has 3 aromatic heterocycles. The Bertz CT molecular complexity index is 1740. The minimum atomic E-state index is -0.554. The normalized spacial score (nSPS) is 16.7. The van der Waals surface area contributed by atoms with E-state index in [4.69, 9.17) is 5.73 Å². The average Bonchev–Trinajstić information content (AvgIpc) is 3.30. The van der Waals surface area contributed by atoms with Crippen LogP contribution in [0.5, 0.6) is 0 Å². The van der Waals surface area contributed by atoms with Gasteiger partial charge in [-0.1, -0.05) is 12.1 Å². The summed E-state index contributed by atoms with van der Waals surface area (Å²) in [5, 5.41) is 13.0. The van der Waals surface area contributed by atoms with Crippen LogP contribution in [-0.4, -0.2) is 36.7 Å². The second kappa shape index (κ2) is 9.80. The zero-order chi connectivity index (χ0) is 27.1. The highest BCUT2D eigenvalue weighted by molar-refractivity contribution is 6.04. The summed E-state index contributed by atoms with van der Waals surface area (Å²) >= 11 is 0. The molecule has 1 fully saturated rings. The monoisotopic (exact) mass is 524 g/mol. The SMILES string of the molecule is Nc1ncnc2c1c(-c1ccc(NC(=O)c3cccn(-c4ccc(F)cc4)c3=O)cc1)cn2[C@H]1C[C@@H](CO)C1. The summed E-state index contributed by atoms with van der Waals surface area (Å²) in [6, 6.07) is 16.0. The van der Waals surface area contributed by atoms with Crippen LogP contribution in [0.1, 0.15) is 29.2 Å². The fraction of sp³-hybridized carbons (Fsp3) is 0.172. The van der Waals surface area contributed by atoms with E-state index in [0.29, 0.717) is 23.1 Å². The summed E-state index contributed by atoms with van der Waals surface area (Å²) in [7, 11) is 0.